The molecule has 0 radical (unpaired) electrons. The van der Waals surface area contributed by atoms with Gasteiger partial charge in [0.2, 0.25) is 0 Å². The van der Waals surface area contributed by atoms with Crippen molar-refractivity contribution >= 4 is 17.4 Å². The number of benzene rings is 1. The van der Waals surface area contributed by atoms with Crippen molar-refractivity contribution in [3.8, 4) is 0 Å². The number of aryl methyl sites for hydroxylation is 2. The van der Waals surface area contributed by atoms with E-state index in [0.29, 0.717) is 11.4 Å². The second kappa shape index (κ2) is 4.89. The molecule has 0 atom stereocenters. The molecule has 0 aliphatic carbocycles. The number of hydrogen-bond acceptors (Lipinski definition) is 4. The van der Waals surface area contributed by atoms with E-state index in [1.54, 1.807) is 38.4 Å². The molecule has 0 aliphatic rings. The van der Waals surface area contributed by atoms with E-state index in [9.17, 15) is 14.9 Å². The highest BCUT2D eigenvalue weighted by Gasteiger charge is 2.22. The molecule has 1 heterocycles. The molecule has 0 saturated heterocycles. The Kier molecular flexibility index (Phi) is 3.28. The van der Waals surface area contributed by atoms with E-state index < -0.39 is 10.8 Å². The van der Waals surface area contributed by atoms with Gasteiger partial charge in [0.25, 0.3) is 11.6 Å². The quantitative estimate of drug-likeness (QED) is 0.674. The van der Waals surface area contributed by atoms with Crippen LogP contribution in [0.4, 0.5) is 11.5 Å². The van der Waals surface area contributed by atoms with Crippen LogP contribution in [-0.4, -0.2) is 20.6 Å². The Balaban J connectivity index is 2.34. The lowest BCUT2D eigenvalue weighted by molar-refractivity contribution is -0.385. The van der Waals surface area contributed by atoms with E-state index in [1.165, 1.54) is 10.7 Å². The van der Waals surface area contributed by atoms with E-state index in [4.69, 9.17) is 0 Å². The predicted molar refractivity (Wildman–Crippen MR) is 69.0 cm³/mol. The summed E-state index contributed by atoms with van der Waals surface area (Å²) in [5, 5.41) is 17.5. The van der Waals surface area contributed by atoms with Crippen LogP contribution in [-0.2, 0) is 7.05 Å². The van der Waals surface area contributed by atoms with Crippen molar-refractivity contribution < 1.29 is 9.72 Å². The van der Waals surface area contributed by atoms with Crippen LogP contribution >= 0.6 is 0 Å². The molecule has 1 aromatic carbocycles. The van der Waals surface area contributed by atoms with E-state index in [2.05, 4.69) is 10.4 Å². The standard InChI is InChI=1S/C12H12N4O3/c1-8-4-3-5-9(11(8)16(18)19)12(17)13-10-6-7-15(2)14-10/h3-7H,1-2H3,(H,13,14,17). The Morgan fingerprint density at radius 3 is 2.74 bits per heavy atom. The first-order valence-electron chi connectivity index (χ1n) is 5.54. The second-order valence-corrected chi connectivity index (χ2v) is 4.06. The lowest BCUT2D eigenvalue weighted by Gasteiger charge is -2.05. The minimum absolute atomic E-state index is 0.0238. The third-order valence-corrected chi connectivity index (χ3v) is 2.62. The number of nitro groups is 1. The first-order chi connectivity index (χ1) is 8.99. The number of hydrogen-bond donors (Lipinski definition) is 1. The zero-order chi connectivity index (χ0) is 14.0. The zero-order valence-electron chi connectivity index (χ0n) is 10.5. The Hall–Kier alpha value is -2.70. The summed E-state index contributed by atoms with van der Waals surface area (Å²) in [6, 6.07) is 6.23. The molecule has 1 amide bonds. The van der Waals surface area contributed by atoms with E-state index in [-0.39, 0.29) is 11.3 Å². The summed E-state index contributed by atoms with van der Waals surface area (Å²) in [6.45, 7) is 1.59. The minimum Gasteiger partial charge on any atom is -0.305 e. The normalized spacial score (nSPS) is 10.2. The van der Waals surface area contributed by atoms with Crippen LogP contribution in [0.25, 0.3) is 0 Å². The van der Waals surface area contributed by atoms with E-state index >= 15 is 0 Å². The summed E-state index contributed by atoms with van der Waals surface area (Å²) in [4.78, 5) is 22.5. The molecule has 0 unspecified atom stereocenters. The van der Waals surface area contributed by atoms with Gasteiger partial charge in [-0.3, -0.25) is 19.6 Å². The highest BCUT2D eigenvalue weighted by atomic mass is 16.6. The van der Waals surface area contributed by atoms with Crippen molar-refractivity contribution in [3.63, 3.8) is 0 Å². The van der Waals surface area contributed by atoms with Crippen molar-refractivity contribution in [2.45, 2.75) is 6.92 Å². The fourth-order valence-corrected chi connectivity index (χ4v) is 1.75. The molecule has 0 spiro atoms. The maximum absolute atomic E-state index is 12.0. The van der Waals surface area contributed by atoms with Crippen LogP contribution < -0.4 is 5.32 Å². The molecule has 1 N–H and O–H groups in total. The van der Waals surface area contributed by atoms with Crippen LogP contribution in [0.3, 0.4) is 0 Å². The third-order valence-electron chi connectivity index (χ3n) is 2.62. The van der Waals surface area contributed by atoms with Crippen LogP contribution in [0.5, 0.6) is 0 Å². The molecule has 7 nitrogen and oxygen atoms in total. The van der Waals surface area contributed by atoms with Crippen molar-refractivity contribution in [1.29, 1.82) is 0 Å². The molecule has 2 rings (SSSR count). The molecule has 0 aliphatic heterocycles. The monoisotopic (exact) mass is 260 g/mol. The fourth-order valence-electron chi connectivity index (χ4n) is 1.75. The van der Waals surface area contributed by atoms with Gasteiger partial charge in [0, 0.05) is 24.9 Å². The number of anilines is 1. The molecular formula is C12H12N4O3. The van der Waals surface area contributed by atoms with Gasteiger partial charge in [0.05, 0.1) is 4.92 Å². The summed E-state index contributed by atoms with van der Waals surface area (Å²) in [6.07, 6.45) is 1.67. The van der Waals surface area contributed by atoms with Crippen molar-refractivity contribution in [2.75, 3.05) is 5.32 Å². The van der Waals surface area contributed by atoms with Gasteiger partial charge in [-0.25, -0.2) is 0 Å². The first kappa shape index (κ1) is 12.7. The fraction of sp³-hybridized carbons (Fsp3) is 0.167. The number of carbonyl (C=O) groups excluding carboxylic acids is 1. The Bertz CT molecular complexity index is 648. The van der Waals surface area contributed by atoms with Crippen LogP contribution in [0.1, 0.15) is 15.9 Å². The maximum Gasteiger partial charge on any atom is 0.285 e. The Labute approximate surface area is 109 Å². The van der Waals surface area contributed by atoms with Gasteiger partial charge in [-0.1, -0.05) is 12.1 Å². The molecule has 0 saturated carbocycles. The molecule has 0 bridgehead atoms. The van der Waals surface area contributed by atoms with Gasteiger partial charge >= 0.3 is 0 Å². The average molecular weight is 260 g/mol. The first-order valence-corrected chi connectivity index (χ1v) is 5.54. The highest BCUT2D eigenvalue weighted by molar-refractivity contribution is 6.06. The molecular weight excluding hydrogens is 248 g/mol. The Morgan fingerprint density at radius 1 is 1.42 bits per heavy atom. The summed E-state index contributed by atoms with van der Waals surface area (Å²) >= 11 is 0. The lowest BCUT2D eigenvalue weighted by Crippen LogP contribution is -2.15. The lowest BCUT2D eigenvalue weighted by atomic mass is 10.1. The largest absolute Gasteiger partial charge is 0.305 e. The number of aromatic nitrogens is 2. The third kappa shape index (κ3) is 2.59. The molecule has 2 aromatic rings. The second-order valence-electron chi connectivity index (χ2n) is 4.06. The SMILES string of the molecule is Cc1cccc(C(=O)Nc2ccn(C)n2)c1[N+](=O)[O-]. The smallest absolute Gasteiger partial charge is 0.285 e. The van der Waals surface area contributed by atoms with Gasteiger partial charge in [0.15, 0.2) is 5.82 Å². The number of amides is 1. The van der Waals surface area contributed by atoms with Gasteiger partial charge in [-0.2, -0.15) is 5.10 Å². The highest BCUT2D eigenvalue weighted by Crippen LogP contribution is 2.23. The number of para-hydroxylation sites is 1. The van der Waals surface area contributed by atoms with Crippen LogP contribution in [0, 0.1) is 17.0 Å². The van der Waals surface area contributed by atoms with Crippen molar-refractivity contribution in [2.24, 2.45) is 7.05 Å². The molecule has 1 aromatic heterocycles. The maximum atomic E-state index is 12.0. The van der Waals surface area contributed by atoms with E-state index in [1.807, 2.05) is 0 Å². The molecule has 0 fully saturated rings. The van der Waals surface area contributed by atoms with Crippen molar-refractivity contribution in [1.82, 2.24) is 9.78 Å². The predicted octanol–water partition coefficient (Wildman–Crippen LogP) is 1.89. The number of nitrogens with zero attached hydrogens (tertiary/aromatic N) is 3. The molecule has 7 heteroatoms. The van der Waals surface area contributed by atoms with E-state index in [0.717, 1.165) is 0 Å². The molecule has 19 heavy (non-hydrogen) atoms. The minimum atomic E-state index is -0.553. The summed E-state index contributed by atoms with van der Waals surface area (Å²) in [5.41, 5.74) is 0.283. The topological polar surface area (TPSA) is 90.1 Å². The summed E-state index contributed by atoms with van der Waals surface area (Å²) in [5.74, 6) is -0.197. The number of nitro benzene ring substituents is 1. The van der Waals surface area contributed by atoms with Crippen LogP contribution in [0.15, 0.2) is 30.5 Å². The molecule has 98 valence electrons. The van der Waals surface area contributed by atoms with Crippen molar-refractivity contribution in [3.05, 3.63) is 51.7 Å². The number of nitrogens with one attached hydrogen (secondary N) is 1. The Morgan fingerprint density at radius 2 is 2.16 bits per heavy atom. The zero-order valence-corrected chi connectivity index (χ0v) is 10.5. The number of rotatable bonds is 3. The van der Waals surface area contributed by atoms with Gasteiger partial charge in [-0.15, -0.1) is 0 Å². The van der Waals surface area contributed by atoms with Crippen LogP contribution in [0.2, 0.25) is 0 Å². The average Bonchev–Trinajstić information content (AvgIpc) is 2.73. The summed E-state index contributed by atoms with van der Waals surface area (Å²) < 4.78 is 1.53. The number of carbonyl (C=O) groups is 1. The van der Waals surface area contributed by atoms with Gasteiger partial charge in [-0.05, 0) is 13.0 Å². The summed E-state index contributed by atoms with van der Waals surface area (Å²) in [7, 11) is 1.71. The van der Waals surface area contributed by atoms with Gasteiger partial charge < -0.3 is 5.32 Å². The van der Waals surface area contributed by atoms with Gasteiger partial charge in [0.1, 0.15) is 5.56 Å².